The Hall–Kier alpha value is -1.12. The minimum atomic E-state index is -0.170. The smallest absolute Gasteiger partial charge is 0.302 e. The Kier molecular flexibility index (Phi) is 6.45. The van der Waals surface area contributed by atoms with Crippen molar-refractivity contribution in [3.8, 4) is 0 Å². The summed E-state index contributed by atoms with van der Waals surface area (Å²) in [5, 5.41) is 9.07. The van der Waals surface area contributed by atoms with Crippen molar-refractivity contribution in [2.24, 2.45) is 40.4 Å². The normalized spacial score (nSPS) is 41.9. The first-order chi connectivity index (χ1) is 14.6. The quantitative estimate of drug-likeness (QED) is 0.356. The molecule has 0 aromatic heterocycles. The minimum Gasteiger partial charge on any atom is -0.462 e. The molecule has 0 saturated heterocycles. The number of rotatable bonds is 6. The molecule has 0 aromatic rings. The lowest BCUT2D eigenvalue weighted by atomic mass is 9.47. The van der Waals surface area contributed by atoms with E-state index in [0.29, 0.717) is 23.2 Å². The van der Waals surface area contributed by atoms with E-state index in [2.05, 4.69) is 33.8 Å². The SMILES string of the molecule is CC(=O)OC1CCC2(C)C(=CC(=N)C3C2CCC2(C)C(CCCCC(C)C)CCC32)C1. The third kappa shape index (κ3) is 4.15. The van der Waals surface area contributed by atoms with Gasteiger partial charge in [-0.1, -0.05) is 52.5 Å². The highest BCUT2D eigenvalue weighted by molar-refractivity contribution is 5.97. The predicted molar refractivity (Wildman–Crippen MR) is 127 cm³/mol. The van der Waals surface area contributed by atoms with Gasteiger partial charge in [0.1, 0.15) is 6.10 Å². The zero-order chi connectivity index (χ0) is 22.4. The summed E-state index contributed by atoms with van der Waals surface area (Å²) in [6, 6.07) is 0. The lowest BCUT2D eigenvalue weighted by Gasteiger charge is -2.58. The van der Waals surface area contributed by atoms with Crippen LogP contribution in [0.2, 0.25) is 0 Å². The Labute approximate surface area is 190 Å². The van der Waals surface area contributed by atoms with Gasteiger partial charge in [0.05, 0.1) is 0 Å². The Morgan fingerprint density at radius 3 is 2.61 bits per heavy atom. The topological polar surface area (TPSA) is 50.2 Å². The van der Waals surface area contributed by atoms with Crippen LogP contribution in [0.5, 0.6) is 0 Å². The molecule has 3 saturated carbocycles. The summed E-state index contributed by atoms with van der Waals surface area (Å²) in [5.41, 5.74) is 2.91. The molecule has 0 heterocycles. The summed E-state index contributed by atoms with van der Waals surface area (Å²) < 4.78 is 5.57. The second kappa shape index (κ2) is 8.67. The van der Waals surface area contributed by atoms with Gasteiger partial charge in [-0.25, -0.2) is 0 Å². The molecule has 0 amide bonds. The van der Waals surface area contributed by atoms with E-state index in [1.54, 1.807) is 0 Å². The zero-order valence-electron chi connectivity index (χ0n) is 20.6. The lowest BCUT2D eigenvalue weighted by Crippen LogP contribution is -2.53. The molecule has 1 N–H and O–H groups in total. The molecule has 4 aliphatic carbocycles. The maximum absolute atomic E-state index is 11.5. The summed E-state index contributed by atoms with van der Waals surface area (Å²) in [6.07, 6.45) is 16.0. The molecule has 7 unspecified atom stereocenters. The molecular weight excluding hydrogens is 382 g/mol. The lowest BCUT2D eigenvalue weighted by molar-refractivity contribution is -0.148. The molecule has 31 heavy (non-hydrogen) atoms. The van der Waals surface area contributed by atoms with Crippen molar-refractivity contribution < 1.29 is 9.53 Å². The van der Waals surface area contributed by atoms with Crippen LogP contribution in [0, 0.1) is 45.8 Å². The van der Waals surface area contributed by atoms with Gasteiger partial charge in [-0.3, -0.25) is 4.79 Å². The predicted octanol–water partition coefficient (Wildman–Crippen LogP) is 7.34. The summed E-state index contributed by atoms with van der Waals surface area (Å²) in [5.74, 6) is 3.25. The van der Waals surface area contributed by atoms with Gasteiger partial charge in [-0.2, -0.15) is 0 Å². The number of allylic oxidation sites excluding steroid dienone is 1. The van der Waals surface area contributed by atoms with Gasteiger partial charge in [0.15, 0.2) is 0 Å². The molecule has 3 heteroatoms. The van der Waals surface area contributed by atoms with Gasteiger partial charge in [0.25, 0.3) is 0 Å². The highest BCUT2D eigenvalue weighted by Gasteiger charge is 2.59. The minimum absolute atomic E-state index is 0.0109. The molecule has 3 nitrogen and oxygen atoms in total. The molecule has 0 aromatic carbocycles. The standard InChI is InChI=1S/C28H45NO2/c1-18(2)8-6-7-9-20-10-11-23-26-24(13-15-27(20,23)4)28(5)14-12-22(31-19(3)30)16-21(28)17-25(26)29/h17-18,20,22-24,26,29H,6-16H2,1-5H3. The highest BCUT2D eigenvalue weighted by Crippen LogP contribution is 2.66. The van der Waals surface area contributed by atoms with E-state index in [4.69, 9.17) is 10.1 Å². The van der Waals surface area contributed by atoms with Crippen molar-refractivity contribution in [2.45, 2.75) is 111 Å². The molecular formula is C28H45NO2. The average Bonchev–Trinajstić information content (AvgIpc) is 3.02. The summed E-state index contributed by atoms with van der Waals surface area (Å²) in [4.78, 5) is 11.5. The molecule has 0 radical (unpaired) electrons. The molecule has 174 valence electrons. The van der Waals surface area contributed by atoms with Crippen LogP contribution in [-0.2, 0) is 9.53 Å². The number of fused-ring (bicyclic) bond motifs is 5. The first-order valence-electron chi connectivity index (χ1n) is 13.1. The molecule has 4 rings (SSSR count). The van der Waals surface area contributed by atoms with Gasteiger partial charge in [0, 0.05) is 25.0 Å². The first kappa shape index (κ1) is 23.1. The Morgan fingerprint density at radius 1 is 1.13 bits per heavy atom. The van der Waals surface area contributed by atoms with Crippen LogP contribution in [-0.4, -0.2) is 17.8 Å². The molecule has 0 bridgehead atoms. The van der Waals surface area contributed by atoms with Crippen molar-refractivity contribution in [2.75, 3.05) is 0 Å². The first-order valence-corrected chi connectivity index (χ1v) is 13.1. The summed E-state index contributed by atoms with van der Waals surface area (Å²) >= 11 is 0. The number of esters is 1. The molecule has 0 aliphatic heterocycles. The van der Waals surface area contributed by atoms with Crippen LogP contribution in [0.1, 0.15) is 105 Å². The van der Waals surface area contributed by atoms with Gasteiger partial charge in [0.2, 0.25) is 0 Å². The Bertz CT molecular complexity index is 739. The number of hydrogen-bond donors (Lipinski definition) is 1. The number of ether oxygens (including phenoxy) is 1. The van der Waals surface area contributed by atoms with E-state index >= 15 is 0 Å². The van der Waals surface area contributed by atoms with E-state index in [0.717, 1.165) is 36.8 Å². The van der Waals surface area contributed by atoms with Crippen molar-refractivity contribution in [3.05, 3.63) is 11.6 Å². The molecule has 0 spiro atoms. The van der Waals surface area contributed by atoms with E-state index in [9.17, 15) is 4.79 Å². The third-order valence-corrected chi connectivity index (χ3v) is 10.1. The second-order valence-corrected chi connectivity index (χ2v) is 12.3. The molecule has 4 aliphatic rings. The van der Waals surface area contributed by atoms with E-state index in [1.807, 2.05) is 0 Å². The fraction of sp³-hybridized carbons (Fsp3) is 0.857. The van der Waals surface area contributed by atoms with Crippen molar-refractivity contribution in [3.63, 3.8) is 0 Å². The van der Waals surface area contributed by atoms with Gasteiger partial charge < -0.3 is 10.1 Å². The van der Waals surface area contributed by atoms with Gasteiger partial charge >= 0.3 is 5.97 Å². The number of hydrogen-bond acceptors (Lipinski definition) is 3. The third-order valence-electron chi connectivity index (χ3n) is 10.1. The van der Waals surface area contributed by atoms with Gasteiger partial charge in [-0.15, -0.1) is 0 Å². The van der Waals surface area contributed by atoms with Crippen LogP contribution in [0.3, 0.4) is 0 Å². The maximum Gasteiger partial charge on any atom is 0.302 e. The van der Waals surface area contributed by atoms with E-state index in [1.165, 1.54) is 63.9 Å². The fourth-order valence-corrected chi connectivity index (χ4v) is 8.28. The van der Waals surface area contributed by atoms with Crippen LogP contribution < -0.4 is 0 Å². The number of unbranched alkanes of at least 4 members (excludes halogenated alkanes) is 1. The summed E-state index contributed by atoms with van der Waals surface area (Å²) in [6.45, 7) is 11.2. The monoisotopic (exact) mass is 427 g/mol. The number of carbonyl (C=O) groups excluding carboxylic acids is 1. The van der Waals surface area contributed by atoms with Crippen LogP contribution in [0.4, 0.5) is 0 Å². The van der Waals surface area contributed by atoms with Gasteiger partial charge in [-0.05, 0) is 85.5 Å². The van der Waals surface area contributed by atoms with E-state index < -0.39 is 0 Å². The maximum atomic E-state index is 11.5. The van der Waals surface area contributed by atoms with Crippen molar-refractivity contribution >= 4 is 11.7 Å². The Morgan fingerprint density at radius 2 is 1.90 bits per heavy atom. The van der Waals surface area contributed by atoms with E-state index in [-0.39, 0.29) is 17.5 Å². The molecule has 3 fully saturated rings. The van der Waals surface area contributed by atoms with Crippen LogP contribution in [0.15, 0.2) is 11.6 Å². The van der Waals surface area contributed by atoms with Crippen LogP contribution >= 0.6 is 0 Å². The summed E-state index contributed by atoms with van der Waals surface area (Å²) in [7, 11) is 0. The van der Waals surface area contributed by atoms with Crippen molar-refractivity contribution in [1.29, 1.82) is 5.41 Å². The number of carbonyl (C=O) groups is 1. The largest absolute Gasteiger partial charge is 0.462 e. The Balaban J connectivity index is 1.49. The number of nitrogens with one attached hydrogen (secondary N) is 1. The highest BCUT2D eigenvalue weighted by atomic mass is 16.5. The fourth-order valence-electron chi connectivity index (χ4n) is 8.28. The van der Waals surface area contributed by atoms with Crippen LogP contribution in [0.25, 0.3) is 0 Å². The second-order valence-electron chi connectivity index (χ2n) is 12.3. The zero-order valence-corrected chi connectivity index (χ0v) is 20.6. The molecule has 7 atom stereocenters. The van der Waals surface area contributed by atoms with Crippen molar-refractivity contribution in [1.82, 2.24) is 0 Å². The average molecular weight is 428 g/mol.